The number of hydrogen-bond acceptors (Lipinski definition) is 10. The van der Waals surface area contributed by atoms with Crippen LogP contribution in [0.1, 0.15) is 33.9 Å². The smallest absolute Gasteiger partial charge is 0.383 e. The molecule has 1 aliphatic heterocycles. The zero-order chi connectivity index (χ0) is 29.0. The molecule has 12 nitrogen and oxygen atoms in total. The molecule has 39 heavy (non-hydrogen) atoms. The number of nitrogens with one attached hydrogen (secondary N) is 1. The van der Waals surface area contributed by atoms with Gasteiger partial charge >= 0.3 is 19.3 Å². The van der Waals surface area contributed by atoms with E-state index >= 15 is 4.39 Å². The maximum absolute atomic E-state index is 15.7. The van der Waals surface area contributed by atoms with Gasteiger partial charge in [0.15, 0.2) is 17.9 Å². The van der Waals surface area contributed by atoms with Gasteiger partial charge < -0.3 is 14.0 Å². The van der Waals surface area contributed by atoms with E-state index in [-0.39, 0.29) is 17.4 Å². The van der Waals surface area contributed by atoms with Gasteiger partial charge in [0, 0.05) is 12.3 Å². The highest BCUT2D eigenvalue weighted by molar-refractivity contribution is 7.54. The second-order valence-electron chi connectivity index (χ2n) is 9.58. The van der Waals surface area contributed by atoms with Gasteiger partial charge in [0.1, 0.15) is 11.9 Å². The molecule has 6 atom stereocenters. The third kappa shape index (κ3) is 7.17. The second kappa shape index (κ2) is 12.2. The van der Waals surface area contributed by atoms with Crippen LogP contribution in [0.5, 0.6) is 5.75 Å². The van der Waals surface area contributed by atoms with Crippen LogP contribution in [0.15, 0.2) is 69.5 Å². The van der Waals surface area contributed by atoms with Crippen molar-refractivity contribution in [2.24, 2.45) is 11.1 Å². The molecule has 0 aliphatic carbocycles. The molecule has 14 heteroatoms. The molecule has 0 radical (unpaired) electrons. The monoisotopic (exact) mass is 567 g/mol. The number of rotatable bonds is 12. The lowest BCUT2D eigenvalue weighted by Gasteiger charge is -2.24. The molecular formula is C25H31FN3O9P. The highest BCUT2D eigenvalue weighted by Crippen LogP contribution is 2.52. The molecule has 1 fully saturated rings. The molecular weight excluding hydrogens is 536 g/mol. The minimum atomic E-state index is -4.13. The van der Waals surface area contributed by atoms with E-state index in [4.69, 9.17) is 18.5 Å². The molecule has 3 rings (SSSR count). The Morgan fingerprint density at radius 2 is 1.92 bits per heavy atom. The Balaban J connectivity index is 1.84. The summed E-state index contributed by atoms with van der Waals surface area (Å²) in [5.74, 6) is -1.23. The van der Waals surface area contributed by atoms with E-state index in [0.717, 1.165) is 23.8 Å². The summed E-state index contributed by atoms with van der Waals surface area (Å²) >= 11 is 0. The van der Waals surface area contributed by atoms with Crippen molar-refractivity contribution in [2.75, 3.05) is 12.8 Å². The fraction of sp³-hybridized carbons (Fsp3) is 0.480. The first-order valence-electron chi connectivity index (χ1n) is 12.1. The lowest BCUT2D eigenvalue weighted by atomic mass is 9.96. The molecule has 2 heterocycles. The highest BCUT2D eigenvalue weighted by atomic mass is 31.2. The Morgan fingerprint density at radius 1 is 1.26 bits per heavy atom. The van der Waals surface area contributed by atoms with Crippen LogP contribution < -0.4 is 15.8 Å². The molecule has 1 N–H and O–H groups in total. The van der Waals surface area contributed by atoms with Gasteiger partial charge in [-0.25, -0.2) is 13.8 Å². The molecule has 0 bridgehead atoms. The zero-order valence-electron chi connectivity index (χ0n) is 21.9. The Labute approximate surface area is 223 Å². The van der Waals surface area contributed by atoms with Crippen molar-refractivity contribution >= 4 is 13.6 Å². The van der Waals surface area contributed by atoms with Crippen LogP contribution in [-0.4, -0.2) is 52.2 Å². The lowest BCUT2D eigenvalue weighted by molar-refractivity contribution is -0.150. The summed E-state index contributed by atoms with van der Waals surface area (Å²) in [7, 11) is -4.13. The van der Waals surface area contributed by atoms with Gasteiger partial charge in [-0.05, 0) is 39.8 Å². The molecule has 1 aliphatic rings. The highest BCUT2D eigenvalue weighted by Gasteiger charge is 2.57. The Morgan fingerprint density at radius 3 is 2.51 bits per heavy atom. The van der Waals surface area contributed by atoms with E-state index in [1.54, 1.807) is 32.0 Å². The van der Waals surface area contributed by atoms with Crippen molar-refractivity contribution in [3.8, 4) is 5.75 Å². The quantitative estimate of drug-likeness (QED) is 0.175. The maximum atomic E-state index is 15.7. The van der Waals surface area contributed by atoms with Crippen LogP contribution in [0.25, 0.3) is 0 Å². The summed E-state index contributed by atoms with van der Waals surface area (Å²) < 4.78 is 52.6. The standard InChI is InChI=1S/C25H31FN3O9P/c1-15(2)36-22(31)17(4)16(3)14-39(34,38-18-9-7-6-8-10-18)35-13-19-21(28-33)25(5,26)23(37-19)29-12-11-20(30)27-24(29)32/h6-12,15,17,19,21,23H,3,13-14H2,1-2,4-5H3,(H,27,30,32)/t17-,19-,21-,23-,25-,39?/m1/s1. The number of benzene rings is 1. The number of aromatic nitrogens is 2. The maximum Gasteiger partial charge on any atom is 0.383 e. The van der Waals surface area contributed by atoms with Gasteiger partial charge in [0.05, 0.1) is 24.8 Å². The fourth-order valence-electron chi connectivity index (χ4n) is 3.95. The Hall–Kier alpha value is -3.41. The van der Waals surface area contributed by atoms with Crippen molar-refractivity contribution in [2.45, 2.75) is 57.8 Å². The number of alkyl halides is 1. The summed E-state index contributed by atoms with van der Waals surface area (Å²) in [6.07, 6.45) is -2.78. The fourth-order valence-corrected chi connectivity index (χ4v) is 5.75. The minimum Gasteiger partial charge on any atom is -0.463 e. The first-order valence-corrected chi connectivity index (χ1v) is 13.8. The molecule has 212 valence electrons. The average Bonchev–Trinajstić information content (AvgIpc) is 3.11. The first kappa shape index (κ1) is 30.1. The molecule has 1 aromatic heterocycles. The van der Waals surface area contributed by atoms with E-state index in [2.05, 4.69) is 11.8 Å². The van der Waals surface area contributed by atoms with Gasteiger partial charge in [-0.15, -0.1) is 0 Å². The topological polar surface area (TPSA) is 155 Å². The molecule has 1 saturated heterocycles. The number of hydrogen-bond donors (Lipinski definition) is 1. The first-order chi connectivity index (χ1) is 18.3. The van der Waals surface area contributed by atoms with Gasteiger partial charge in [0.2, 0.25) is 0 Å². The van der Waals surface area contributed by atoms with E-state index in [0.29, 0.717) is 0 Å². The number of ether oxygens (including phenoxy) is 2. The Bertz CT molecular complexity index is 1360. The third-order valence-corrected chi connectivity index (χ3v) is 7.90. The summed E-state index contributed by atoms with van der Waals surface area (Å²) in [5, 5.41) is 2.84. The zero-order valence-corrected chi connectivity index (χ0v) is 22.8. The van der Waals surface area contributed by atoms with Crippen molar-refractivity contribution in [1.82, 2.24) is 9.55 Å². The van der Waals surface area contributed by atoms with Gasteiger partial charge in [-0.1, -0.05) is 35.5 Å². The normalized spacial score (nSPS) is 25.0. The second-order valence-corrected chi connectivity index (χ2v) is 11.6. The van der Waals surface area contributed by atoms with Crippen molar-refractivity contribution in [1.29, 1.82) is 0 Å². The molecule has 0 saturated carbocycles. The van der Waals surface area contributed by atoms with Crippen molar-refractivity contribution < 1.29 is 32.3 Å². The number of nitrogens with zero attached hydrogens (tertiary/aromatic N) is 2. The van der Waals surface area contributed by atoms with Crippen LogP contribution in [0.2, 0.25) is 0 Å². The molecule has 1 unspecified atom stereocenters. The average molecular weight is 568 g/mol. The summed E-state index contributed by atoms with van der Waals surface area (Å²) in [4.78, 5) is 49.7. The summed E-state index contributed by atoms with van der Waals surface area (Å²) in [6, 6.07) is 7.40. The van der Waals surface area contributed by atoms with Gasteiger partial charge in [0.25, 0.3) is 5.56 Å². The number of carbonyl (C=O) groups excluding carboxylic acids is 1. The number of nitroso groups, excluding NO2 is 1. The third-order valence-electron chi connectivity index (χ3n) is 6.07. The SMILES string of the molecule is C=C(CP(=O)(OC[C@H]1O[C@@H](n2ccc(=O)[nH]c2=O)[C@](C)(F)[C@@H]1N=O)Oc1ccccc1)[C@@H](C)C(=O)OC(C)C. The van der Waals surface area contributed by atoms with Gasteiger partial charge in [-0.2, -0.15) is 4.91 Å². The number of para-hydroxylation sites is 1. The lowest BCUT2D eigenvalue weighted by Crippen LogP contribution is -2.42. The summed E-state index contributed by atoms with van der Waals surface area (Å²) in [5.41, 5.74) is -3.96. The van der Waals surface area contributed by atoms with Crippen molar-refractivity contribution in [3.05, 3.63) is 80.5 Å². The number of carbonyl (C=O) groups is 1. The minimum absolute atomic E-state index is 0.191. The molecule has 2 aromatic rings. The van der Waals surface area contributed by atoms with Gasteiger partial charge in [-0.3, -0.25) is 23.7 Å². The van der Waals surface area contributed by atoms with Crippen LogP contribution in [0, 0.1) is 10.8 Å². The number of aromatic amines is 1. The van der Waals surface area contributed by atoms with E-state index in [1.807, 2.05) is 4.98 Å². The van der Waals surface area contributed by atoms with E-state index < -0.39 is 67.5 Å². The van der Waals surface area contributed by atoms with Crippen LogP contribution in [-0.2, 0) is 23.4 Å². The predicted octanol–water partition coefficient (Wildman–Crippen LogP) is 3.73. The van der Waals surface area contributed by atoms with Crippen LogP contribution >= 0.6 is 7.60 Å². The van der Waals surface area contributed by atoms with Crippen molar-refractivity contribution in [3.63, 3.8) is 0 Å². The predicted molar refractivity (Wildman–Crippen MR) is 139 cm³/mol. The number of esters is 1. The number of halogens is 1. The van der Waals surface area contributed by atoms with E-state index in [1.165, 1.54) is 19.1 Å². The molecule has 0 spiro atoms. The van der Waals surface area contributed by atoms with Crippen LogP contribution in [0.4, 0.5) is 4.39 Å². The summed E-state index contributed by atoms with van der Waals surface area (Å²) in [6.45, 7) is 9.16. The number of H-pyrrole nitrogens is 1. The van der Waals surface area contributed by atoms with E-state index in [9.17, 15) is 23.9 Å². The largest absolute Gasteiger partial charge is 0.463 e. The molecule has 1 aromatic carbocycles. The van der Waals surface area contributed by atoms with Crippen LogP contribution in [0.3, 0.4) is 0 Å². The molecule has 0 amide bonds. The Kier molecular flexibility index (Phi) is 9.42.